The smallest absolute Gasteiger partial charge is 0.0722 e. The highest BCUT2D eigenvalue weighted by Crippen LogP contribution is 2.00. The molecule has 3 N–H and O–H groups in total. The van der Waals surface area contributed by atoms with Gasteiger partial charge in [-0.3, -0.25) is 0 Å². The van der Waals surface area contributed by atoms with Crippen LogP contribution < -0.4 is 5.73 Å². The van der Waals surface area contributed by atoms with Crippen molar-refractivity contribution >= 4 is 0 Å². The molecule has 0 aromatic heterocycles. The van der Waals surface area contributed by atoms with Gasteiger partial charge in [-0.05, 0) is 45.4 Å². The molecule has 0 bridgehead atoms. The van der Waals surface area contributed by atoms with Gasteiger partial charge >= 0.3 is 0 Å². The molecule has 0 aliphatic rings. The average molecular weight is 277 g/mol. The van der Waals surface area contributed by atoms with Gasteiger partial charge < -0.3 is 10.8 Å². The van der Waals surface area contributed by atoms with Gasteiger partial charge in [0.05, 0.1) is 6.10 Å². The summed E-state index contributed by atoms with van der Waals surface area (Å²) in [6.45, 7) is 3.97. The van der Waals surface area contributed by atoms with Crippen LogP contribution in [-0.4, -0.2) is 17.3 Å². The normalized spacial score (nSPS) is 16.0. The monoisotopic (exact) mass is 277 g/mol. The third kappa shape index (κ3) is 13.3. The van der Waals surface area contributed by atoms with Crippen LogP contribution in [0, 0.1) is 0 Å². The van der Waals surface area contributed by atoms with Gasteiger partial charge in [0, 0.05) is 6.04 Å². The predicted molar refractivity (Wildman–Crippen MR) is 89.6 cm³/mol. The fraction of sp³-hybridized carbons (Fsp3) is 0.556. The lowest BCUT2D eigenvalue weighted by molar-refractivity contribution is 0.154. The van der Waals surface area contributed by atoms with Crippen molar-refractivity contribution in [2.45, 2.75) is 64.5 Å². The summed E-state index contributed by atoms with van der Waals surface area (Å²) in [6, 6.07) is -0.154. The minimum absolute atomic E-state index is 0.154. The summed E-state index contributed by atoms with van der Waals surface area (Å²) >= 11 is 0. The lowest BCUT2D eigenvalue weighted by Crippen LogP contribution is -2.30. The molecule has 0 fully saturated rings. The quantitative estimate of drug-likeness (QED) is 0.437. The lowest BCUT2D eigenvalue weighted by atomic mass is 10.1. The Labute approximate surface area is 124 Å². The van der Waals surface area contributed by atoms with Crippen LogP contribution in [0.1, 0.15) is 52.4 Å². The second-order valence-corrected chi connectivity index (χ2v) is 5.00. The Morgan fingerprint density at radius 3 is 1.90 bits per heavy atom. The van der Waals surface area contributed by atoms with Crippen molar-refractivity contribution in [1.29, 1.82) is 0 Å². The van der Waals surface area contributed by atoms with E-state index in [4.69, 9.17) is 5.73 Å². The van der Waals surface area contributed by atoms with Crippen molar-refractivity contribution in [1.82, 2.24) is 0 Å². The molecule has 0 amide bonds. The number of hydrogen-bond acceptors (Lipinski definition) is 2. The number of aliphatic hydroxyl groups is 1. The zero-order chi connectivity index (χ0) is 15.1. The molecule has 0 saturated heterocycles. The van der Waals surface area contributed by atoms with Gasteiger partial charge in [0.1, 0.15) is 0 Å². The Morgan fingerprint density at radius 1 is 0.850 bits per heavy atom. The number of nitrogens with two attached hydrogens (primary N) is 1. The molecule has 0 aromatic carbocycles. The second kappa shape index (κ2) is 14.3. The molecule has 0 saturated carbocycles. The van der Waals surface area contributed by atoms with Gasteiger partial charge in [0.2, 0.25) is 0 Å². The van der Waals surface area contributed by atoms with Crippen LogP contribution in [0.4, 0.5) is 0 Å². The molecule has 0 aliphatic heterocycles. The van der Waals surface area contributed by atoms with Gasteiger partial charge in [0.15, 0.2) is 0 Å². The van der Waals surface area contributed by atoms with E-state index in [0.29, 0.717) is 6.42 Å². The van der Waals surface area contributed by atoms with Crippen LogP contribution in [0.15, 0.2) is 48.6 Å². The standard InChI is InChI=1S/C18H31NO/c1-3-4-5-6-7-8-9-10-11-12-13-14-15-16-18(20)17(2)19/h4-5,7-8,10-11,14-15,17-18,20H,3,6,9,12-13,16,19H2,1-2H3/b5-4-,8-7-,11-10-,15-14+/t17-,18+/m0/s1. The van der Waals surface area contributed by atoms with Gasteiger partial charge in [-0.2, -0.15) is 0 Å². The van der Waals surface area contributed by atoms with Crippen molar-refractivity contribution in [3.05, 3.63) is 48.6 Å². The molecule has 2 heteroatoms. The van der Waals surface area contributed by atoms with E-state index in [0.717, 1.165) is 32.1 Å². The summed E-state index contributed by atoms with van der Waals surface area (Å²) in [6.07, 6.45) is 22.8. The van der Waals surface area contributed by atoms with Crippen LogP contribution in [0.5, 0.6) is 0 Å². The predicted octanol–water partition coefficient (Wildman–Crippen LogP) is 4.28. The topological polar surface area (TPSA) is 46.2 Å². The molecule has 20 heavy (non-hydrogen) atoms. The maximum absolute atomic E-state index is 9.50. The molecule has 2 nitrogen and oxygen atoms in total. The number of rotatable bonds is 11. The van der Waals surface area contributed by atoms with Crippen LogP contribution in [0.25, 0.3) is 0 Å². The maximum Gasteiger partial charge on any atom is 0.0722 e. The maximum atomic E-state index is 9.50. The Morgan fingerprint density at radius 2 is 1.35 bits per heavy atom. The van der Waals surface area contributed by atoms with Crippen LogP contribution in [-0.2, 0) is 0 Å². The Bertz CT molecular complexity index is 313. The van der Waals surface area contributed by atoms with Gasteiger partial charge in [-0.1, -0.05) is 55.5 Å². The van der Waals surface area contributed by atoms with E-state index >= 15 is 0 Å². The molecule has 0 radical (unpaired) electrons. The first-order valence-electron chi connectivity index (χ1n) is 7.72. The second-order valence-electron chi connectivity index (χ2n) is 5.00. The molecular weight excluding hydrogens is 246 g/mol. The van der Waals surface area contributed by atoms with Crippen molar-refractivity contribution in [2.24, 2.45) is 5.73 Å². The molecule has 114 valence electrons. The Balaban J connectivity index is 3.48. The molecule has 2 atom stereocenters. The number of aliphatic hydroxyl groups excluding tert-OH is 1. The van der Waals surface area contributed by atoms with E-state index in [2.05, 4.69) is 49.5 Å². The van der Waals surface area contributed by atoms with Crippen molar-refractivity contribution in [3.63, 3.8) is 0 Å². The van der Waals surface area contributed by atoms with Crippen molar-refractivity contribution < 1.29 is 5.11 Å². The van der Waals surface area contributed by atoms with E-state index < -0.39 is 6.10 Å². The highest BCUT2D eigenvalue weighted by Gasteiger charge is 2.05. The fourth-order valence-corrected chi connectivity index (χ4v) is 1.59. The number of allylic oxidation sites excluding steroid dienone is 7. The minimum atomic E-state index is -0.423. The SMILES string of the molecule is CC/C=C\C/C=C\C/C=C\CC/C=C/C[C@@H](O)[C@H](C)N. The number of hydrogen-bond donors (Lipinski definition) is 2. The Hall–Kier alpha value is -1.12. The van der Waals surface area contributed by atoms with E-state index in [1.807, 2.05) is 13.0 Å². The van der Waals surface area contributed by atoms with Gasteiger partial charge in [0.25, 0.3) is 0 Å². The summed E-state index contributed by atoms with van der Waals surface area (Å²) in [7, 11) is 0. The number of unbranched alkanes of at least 4 members (excludes halogenated alkanes) is 1. The van der Waals surface area contributed by atoms with Crippen molar-refractivity contribution in [2.75, 3.05) is 0 Å². The molecular formula is C18H31NO. The summed E-state index contributed by atoms with van der Waals surface area (Å²) in [5.74, 6) is 0. The van der Waals surface area contributed by atoms with E-state index in [1.54, 1.807) is 0 Å². The summed E-state index contributed by atoms with van der Waals surface area (Å²) in [5.41, 5.74) is 5.58. The zero-order valence-corrected chi connectivity index (χ0v) is 13.0. The minimum Gasteiger partial charge on any atom is -0.391 e. The van der Waals surface area contributed by atoms with E-state index in [1.165, 1.54) is 0 Å². The van der Waals surface area contributed by atoms with Gasteiger partial charge in [-0.15, -0.1) is 0 Å². The molecule has 0 aromatic rings. The van der Waals surface area contributed by atoms with Gasteiger partial charge in [-0.25, -0.2) is 0 Å². The first-order valence-corrected chi connectivity index (χ1v) is 7.72. The molecule has 0 rings (SSSR count). The van der Waals surface area contributed by atoms with E-state index in [-0.39, 0.29) is 6.04 Å². The molecule has 0 unspecified atom stereocenters. The largest absolute Gasteiger partial charge is 0.391 e. The molecule has 0 heterocycles. The van der Waals surface area contributed by atoms with Crippen molar-refractivity contribution in [3.8, 4) is 0 Å². The summed E-state index contributed by atoms with van der Waals surface area (Å²) in [5, 5.41) is 9.50. The van der Waals surface area contributed by atoms with Crippen LogP contribution in [0.2, 0.25) is 0 Å². The highest BCUT2D eigenvalue weighted by molar-refractivity contribution is 4.97. The average Bonchev–Trinajstić information content (AvgIpc) is 2.43. The zero-order valence-electron chi connectivity index (χ0n) is 13.0. The van der Waals surface area contributed by atoms with Crippen LogP contribution in [0.3, 0.4) is 0 Å². The first-order chi connectivity index (χ1) is 9.68. The van der Waals surface area contributed by atoms with Crippen LogP contribution >= 0.6 is 0 Å². The molecule has 0 aliphatic carbocycles. The van der Waals surface area contributed by atoms with E-state index in [9.17, 15) is 5.11 Å². The Kier molecular flexibility index (Phi) is 13.5. The lowest BCUT2D eigenvalue weighted by Gasteiger charge is -2.10. The molecule has 0 spiro atoms. The summed E-state index contributed by atoms with van der Waals surface area (Å²) in [4.78, 5) is 0. The fourth-order valence-electron chi connectivity index (χ4n) is 1.59. The first kappa shape index (κ1) is 18.9. The highest BCUT2D eigenvalue weighted by atomic mass is 16.3. The third-order valence-electron chi connectivity index (χ3n) is 2.93. The summed E-state index contributed by atoms with van der Waals surface area (Å²) < 4.78 is 0. The third-order valence-corrected chi connectivity index (χ3v) is 2.93.